The molecule has 10 heteroatoms. The van der Waals surface area contributed by atoms with Gasteiger partial charge in [-0.1, -0.05) is 30.1 Å². The van der Waals surface area contributed by atoms with Crippen molar-refractivity contribution in [3.8, 4) is 17.6 Å². The number of nitrogens with zero attached hydrogens (tertiary/aromatic N) is 3. The first-order valence-corrected chi connectivity index (χ1v) is 17.7. The van der Waals surface area contributed by atoms with Gasteiger partial charge in [-0.25, -0.2) is 0 Å². The van der Waals surface area contributed by atoms with E-state index in [-0.39, 0.29) is 55.7 Å². The summed E-state index contributed by atoms with van der Waals surface area (Å²) in [4.78, 5) is 22.0. The van der Waals surface area contributed by atoms with Crippen LogP contribution in [0, 0.1) is 29.1 Å². The molecule has 2 aromatic carbocycles. The molecule has 2 aliphatic carbocycles. The van der Waals surface area contributed by atoms with Gasteiger partial charge in [0.05, 0.1) is 29.9 Å². The van der Waals surface area contributed by atoms with E-state index in [4.69, 9.17) is 19.5 Å². The Morgan fingerprint density at radius 1 is 1.12 bits per heavy atom. The molecule has 268 valence electrons. The van der Waals surface area contributed by atoms with E-state index in [1.54, 1.807) is 60.5 Å². The maximum atomic E-state index is 14.3. The molecule has 0 radical (unpaired) electrons. The van der Waals surface area contributed by atoms with Crippen LogP contribution >= 0.6 is 0 Å². The number of phenolic OH excluding ortho intramolecular Hbond substituents is 1. The fourth-order valence-electron chi connectivity index (χ4n) is 7.96. The predicted molar refractivity (Wildman–Crippen MR) is 191 cm³/mol. The SMILES string of the molecule is C=CCOC12Oc3ccc(O)cc3C3C(CCCCO)C(CCCCO)C=C(C(=NOC(C)(C)C)CC1N(C)C(=O)c1ccc(C#N)cc1)C32. The monoisotopic (exact) mass is 685 g/mol. The van der Waals surface area contributed by atoms with E-state index in [0.29, 0.717) is 35.4 Å². The third-order valence-electron chi connectivity index (χ3n) is 10.1. The number of oxime groups is 1. The van der Waals surface area contributed by atoms with Gasteiger partial charge in [-0.2, -0.15) is 5.26 Å². The number of carbonyl (C=O) groups is 1. The first kappa shape index (κ1) is 37.1. The van der Waals surface area contributed by atoms with Crippen molar-refractivity contribution in [3.63, 3.8) is 0 Å². The lowest BCUT2D eigenvalue weighted by Crippen LogP contribution is -2.69. The smallest absolute Gasteiger partial charge is 0.254 e. The third-order valence-corrected chi connectivity index (χ3v) is 10.1. The fourth-order valence-corrected chi connectivity index (χ4v) is 7.96. The zero-order valence-electron chi connectivity index (χ0n) is 29.7. The summed E-state index contributed by atoms with van der Waals surface area (Å²) >= 11 is 0. The molecule has 50 heavy (non-hydrogen) atoms. The van der Waals surface area contributed by atoms with E-state index < -0.39 is 23.3 Å². The highest BCUT2D eigenvalue weighted by molar-refractivity contribution is 6.03. The van der Waals surface area contributed by atoms with Gasteiger partial charge in [0.1, 0.15) is 23.1 Å². The Morgan fingerprint density at radius 2 is 1.82 bits per heavy atom. The van der Waals surface area contributed by atoms with Crippen molar-refractivity contribution < 1.29 is 34.4 Å². The van der Waals surface area contributed by atoms with E-state index in [9.17, 15) is 25.4 Å². The Bertz CT molecular complexity index is 1620. The first-order chi connectivity index (χ1) is 24.0. The summed E-state index contributed by atoms with van der Waals surface area (Å²) in [6.45, 7) is 10.1. The normalized spacial score (nSPS) is 26.1. The Hall–Kier alpha value is -4.17. The summed E-state index contributed by atoms with van der Waals surface area (Å²) in [5.41, 5.74) is 2.79. The summed E-state index contributed by atoms with van der Waals surface area (Å²) in [7, 11) is 1.74. The van der Waals surface area contributed by atoms with Crippen LogP contribution in [-0.4, -0.2) is 76.1 Å². The quantitative estimate of drug-likeness (QED) is 0.117. The maximum absolute atomic E-state index is 14.3. The number of aromatic hydroxyl groups is 1. The zero-order valence-corrected chi connectivity index (χ0v) is 29.7. The number of benzene rings is 2. The molecule has 0 spiro atoms. The molecule has 1 saturated carbocycles. The van der Waals surface area contributed by atoms with Gasteiger partial charge in [-0.15, -0.1) is 6.58 Å². The number of aliphatic hydroxyl groups excluding tert-OH is 2. The van der Waals surface area contributed by atoms with E-state index in [1.807, 2.05) is 20.8 Å². The highest BCUT2D eigenvalue weighted by Crippen LogP contribution is 2.61. The second-order valence-corrected chi connectivity index (χ2v) is 14.6. The molecule has 0 bridgehead atoms. The first-order valence-electron chi connectivity index (χ1n) is 17.7. The number of carbonyl (C=O) groups excluding carboxylic acids is 1. The molecule has 1 amide bonds. The van der Waals surface area contributed by atoms with Crippen molar-refractivity contribution in [3.05, 3.63) is 83.5 Å². The van der Waals surface area contributed by atoms with Gasteiger partial charge in [0.2, 0.25) is 5.79 Å². The molecule has 6 atom stereocenters. The van der Waals surface area contributed by atoms with Crippen LogP contribution in [0.5, 0.6) is 11.5 Å². The van der Waals surface area contributed by atoms with Gasteiger partial charge in [-0.05, 0) is 106 Å². The molecule has 1 heterocycles. The molecule has 2 aromatic rings. The minimum absolute atomic E-state index is 0.0632. The number of likely N-dealkylation sites (N-methyl/N-ethyl adjacent to an activating group) is 1. The molecule has 0 aromatic heterocycles. The number of aliphatic hydroxyl groups is 2. The molecule has 3 N–H and O–H groups in total. The lowest BCUT2D eigenvalue weighted by molar-refractivity contribution is -0.252. The van der Waals surface area contributed by atoms with Crippen molar-refractivity contribution in [2.75, 3.05) is 26.9 Å². The van der Waals surface area contributed by atoms with Crippen LogP contribution in [0.25, 0.3) is 0 Å². The second kappa shape index (κ2) is 15.8. The van der Waals surface area contributed by atoms with Crippen LogP contribution in [0.1, 0.15) is 93.1 Å². The number of ether oxygens (including phenoxy) is 2. The average molecular weight is 686 g/mol. The van der Waals surface area contributed by atoms with Crippen LogP contribution in [0.3, 0.4) is 0 Å². The number of rotatable bonds is 14. The molecule has 5 rings (SSSR count). The van der Waals surface area contributed by atoms with Gasteiger partial charge < -0.3 is 34.5 Å². The predicted octanol–water partition coefficient (Wildman–Crippen LogP) is 6.47. The number of hydrogen-bond acceptors (Lipinski definition) is 9. The average Bonchev–Trinajstić information content (AvgIpc) is 3.10. The minimum Gasteiger partial charge on any atom is -0.508 e. The molecule has 0 saturated heterocycles. The zero-order chi connectivity index (χ0) is 36.1. The van der Waals surface area contributed by atoms with Crippen molar-refractivity contribution in [2.45, 2.75) is 89.1 Å². The van der Waals surface area contributed by atoms with Crippen molar-refractivity contribution in [2.24, 2.45) is 22.9 Å². The summed E-state index contributed by atoms with van der Waals surface area (Å²) < 4.78 is 13.9. The number of fused-ring (bicyclic) bond motifs is 2. The Balaban J connectivity index is 1.75. The summed E-state index contributed by atoms with van der Waals surface area (Å²) in [6, 6.07) is 13.1. The van der Waals surface area contributed by atoms with Crippen LogP contribution in [0.4, 0.5) is 0 Å². The minimum atomic E-state index is -1.38. The summed E-state index contributed by atoms with van der Waals surface area (Å²) in [5.74, 6) is -1.46. The fraction of sp³-hybridized carbons (Fsp3) is 0.525. The Morgan fingerprint density at radius 3 is 2.46 bits per heavy atom. The number of phenols is 1. The van der Waals surface area contributed by atoms with Gasteiger partial charge in [0.25, 0.3) is 5.91 Å². The standard InChI is InChI=1S/C40H51N3O7/c1-6-21-48-40-35(43(5)38(47)27-15-13-26(25-41)14-16-27)24-33(42-50-39(2,3)4)31-22-28(11-7-9-19-44)30(12-8-10-20-45)36(37(31)40)32-23-29(46)17-18-34(32)49-40/h6,13-18,22-23,28,30,35-37,44-46H,1,7-12,19-21,24H2,2-5H3. The molecular weight excluding hydrogens is 634 g/mol. The largest absolute Gasteiger partial charge is 0.508 e. The third kappa shape index (κ3) is 7.60. The van der Waals surface area contributed by atoms with E-state index in [1.165, 1.54) is 0 Å². The molecule has 10 nitrogen and oxygen atoms in total. The highest BCUT2D eigenvalue weighted by Gasteiger charge is 2.65. The Labute approximate surface area is 295 Å². The molecule has 1 aliphatic heterocycles. The molecule has 6 unspecified atom stereocenters. The second-order valence-electron chi connectivity index (χ2n) is 14.6. The molecular formula is C40H51N3O7. The van der Waals surface area contributed by atoms with Crippen molar-refractivity contribution >= 4 is 11.6 Å². The van der Waals surface area contributed by atoms with E-state index in [0.717, 1.165) is 36.8 Å². The number of allylic oxidation sites excluding steroid dienone is 1. The van der Waals surface area contributed by atoms with Gasteiger partial charge in [0.15, 0.2) is 0 Å². The van der Waals surface area contributed by atoms with E-state index >= 15 is 0 Å². The number of unbranched alkanes of at least 4 members (excludes halogenated alkanes) is 2. The lowest BCUT2D eigenvalue weighted by atomic mass is 9.55. The number of nitriles is 1. The molecule has 1 fully saturated rings. The van der Waals surface area contributed by atoms with Gasteiger partial charge in [-0.3, -0.25) is 4.79 Å². The van der Waals surface area contributed by atoms with E-state index in [2.05, 4.69) is 18.7 Å². The van der Waals surface area contributed by atoms with Crippen LogP contribution in [0.15, 0.2) is 71.9 Å². The van der Waals surface area contributed by atoms with Crippen molar-refractivity contribution in [1.29, 1.82) is 5.26 Å². The van der Waals surface area contributed by atoms with Gasteiger partial charge in [0, 0.05) is 43.7 Å². The van der Waals surface area contributed by atoms with Crippen molar-refractivity contribution in [1.82, 2.24) is 4.90 Å². The van der Waals surface area contributed by atoms with Crippen LogP contribution in [0.2, 0.25) is 0 Å². The van der Waals surface area contributed by atoms with Crippen LogP contribution in [-0.2, 0) is 9.57 Å². The molecule has 3 aliphatic rings. The number of hydrogen-bond donors (Lipinski definition) is 3. The highest BCUT2D eigenvalue weighted by atomic mass is 16.7. The number of amides is 1. The Kier molecular flexibility index (Phi) is 11.7. The maximum Gasteiger partial charge on any atom is 0.254 e. The summed E-state index contributed by atoms with van der Waals surface area (Å²) in [5, 5.41) is 44.4. The topological polar surface area (TPSA) is 145 Å². The van der Waals surface area contributed by atoms with Gasteiger partial charge >= 0.3 is 0 Å². The summed E-state index contributed by atoms with van der Waals surface area (Å²) in [6.07, 6.45) is 8.84. The van der Waals surface area contributed by atoms with Crippen LogP contribution < -0.4 is 4.74 Å². The lowest BCUT2D eigenvalue weighted by Gasteiger charge is -2.59.